The molecule has 96 valence electrons. The van der Waals surface area contributed by atoms with Crippen molar-refractivity contribution in [3.05, 3.63) is 12.3 Å². The minimum atomic E-state index is 0.471. The zero-order chi connectivity index (χ0) is 12.7. The Morgan fingerprint density at radius 2 is 2.29 bits per heavy atom. The van der Waals surface area contributed by atoms with Gasteiger partial charge in [0.15, 0.2) is 0 Å². The third kappa shape index (κ3) is 4.42. The van der Waals surface area contributed by atoms with Crippen molar-refractivity contribution in [2.45, 2.75) is 26.3 Å². The number of aromatic nitrogens is 2. The molecule has 0 bridgehead atoms. The smallest absolute Gasteiger partial charge is 0.224 e. The molecule has 1 N–H and O–H groups in total. The molecule has 17 heavy (non-hydrogen) atoms. The summed E-state index contributed by atoms with van der Waals surface area (Å²) in [7, 11) is 2.08. The highest BCUT2D eigenvalue weighted by atomic mass is 32.2. The Morgan fingerprint density at radius 3 is 2.94 bits per heavy atom. The van der Waals surface area contributed by atoms with E-state index in [2.05, 4.69) is 47.3 Å². The molecule has 0 fully saturated rings. The second kappa shape index (κ2) is 7.37. The Kier molecular flexibility index (Phi) is 6.11. The SMILES string of the molecule is CCCNc1nccc(N(C)C(C)CSC)n1. The molecule has 0 amide bonds. The van der Waals surface area contributed by atoms with Crippen LogP contribution in [0.25, 0.3) is 0 Å². The average Bonchev–Trinajstić information content (AvgIpc) is 2.36. The third-order valence-electron chi connectivity index (χ3n) is 2.60. The van der Waals surface area contributed by atoms with Gasteiger partial charge < -0.3 is 10.2 Å². The fourth-order valence-corrected chi connectivity index (χ4v) is 2.15. The Bertz CT molecular complexity index is 332. The van der Waals surface area contributed by atoms with E-state index in [4.69, 9.17) is 0 Å². The van der Waals surface area contributed by atoms with Gasteiger partial charge in [-0.15, -0.1) is 0 Å². The number of nitrogens with one attached hydrogen (secondary N) is 1. The van der Waals surface area contributed by atoms with Crippen LogP contribution in [0.3, 0.4) is 0 Å². The van der Waals surface area contributed by atoms with Crippen LogP contribution in [0, 0.1) is 0 Å². The van der Waals surface area contributed by atoms with Crippen LogP contribution >= 0.6 is 11.8 Å². The summed E-state index contributed by atoms with van der Waals surface area (Å²) in [5.41, 5.74) is 0. The molecule has 1 atom stereocenters. The van der Waals surface area contributed by atoms with Crippen LogP contribution in [-0.4, -0.2) is 41.6 Å². The fraction of sp³-hybridized carbons (Fsp3) is 0.667. The number of anilines is 2. The van der Waals surface area contributed by atoms with Crippen molar-refractivity contribution >= 4 is 23.5 Å². The summed E-state index contributed by atoms with van der Waals surface area (Å²) in [4.78, 5) is 10.9. The number of hydrogen-bond acceptors (Lipinski definition) is 5. The largest absolute Gasteiger partial charge is 0.356 e. The molecule has 0 aliphatic rings. The quantitative estimate of drug-likeness (QED) is 0.809. The summed E-state index contributed by atoms with van der Waals surface area (Å²) >= 11 is 1.85. The molecule has 5 heteroatoms. The van der Waals surface area contributed by atoms with Gasteiger partial charge in [-0.3, -0.25) is 0 Å². The van der Waals surface area contributed by atoms with Gasteiger partial charge in [0, 0.05) is 31.6 Å². The maximum absolute atomic E-state index is 4.51. The van der Waals surface area contributed by atoms with Crippen LogP contribution in [0.2, 0.25) is 0 Å². The maximum Gasteiger partial charge on any atom is 0.224 e. The molecule has 0 aromatic carbocycles. The first-order valence-corrected chi connectivity index (χ1v) is 7.37. The zero-order valence-corrected chi connectivity index (χ0v) is 11.9. The average molecular weight is 254 g/mol. The van der Waals surface area contributed by atoms with E-state index < -0.39 is 0 Å². The monoisotopic (exact) mass is 254 g/mol. The Balaban J connectivity index is 2.69. The van der Waals surface area contributed by atoms with E-state index in [-0.39, 0.29) is 0 Å². The molecule has 0 radical (unpaired) electrons. The molecular weight excluding hydrogens is 232 g/mol. The molecule has 4 nitrogen and oxygen atoms in total. The molecule has 1 rings (SSSR count). The number of hydrogen-bond donors (Lipinski definition) is 1. The van der Waals surface area contributed by atoms with Crippen molar-refractivity contribution in [2.75, 3.05) is 35.8 Å². The highest BCUT2D eigenvalue weighted by Gasteiger charge is 2.11. The summed E-state index contributed by atoms with van der Waals surface area (Å²) in [5, 5.41) is 3.21. The predicted molar refractivity (Wildman–Crippen MR) is 77.1 cm³/mol. The lowest BCUT2D eigenvalue weighted by molar-refractivity contribution is 0.751. The molecule has 0 aliphatic carbocycles. The standard InChI is InChI=1S/C12H22N4S/c1-5-7-13-12-14-8-6-11(15-12)16(3)10(2)9-17-4/h6,8,10H,5,7,9H2,1-4H3,(H,13,14,15). The zero-order valence-electron chi connectivity index (χ0n) is 11.1. The van der Waals surface area contributed by atoms with E-state index in [1.165, 1.54) is 0 Å². The van der Waals surface area contributed by atoms with Gasteiger partial charge in [0.1, 0.15) is 5.82 Å². The summed E-state index contributed by atoms with van der Waals surface area (Å²) in [5.74, 6) is 2.78. The first-order valence-electron chi connectivity index (χ1n) is 5.97. The van der Waals surface area contributed by atoms with Crippen LogP contribution in [0.15, 0.2) is 12.3 Å². The highest BCUT2D eigenvalue weighted by molar-refractivity contribution is 7.98. The first kappa shape index (κ1) is 14.1. The van der Waals surface area contributed by atoms with Crippen molar-refractivity contribution in [1.29, 1.82) is 0 Å². The molecule has 0 aliphatic heterocycles. The number of thioether (sulfide) groups is 1. The molecule has 1 aromatic rings. The van der Waals surface area contributed by atoms with Crippen molar-refractivity contribution in [3.8, 4) is 0 Å². The second-order valence-corrected chi connectivity index (χ2v) is 4.99. The van der Waals surface area contributed by atoms with Crippen molar-refractivity contribution in [2.24, 2.45) is 0 Å². The summed E-state index contributed by atoms with van der Waals surface area (Å²) in [6.07, 6.45) is 5.01. The third-order valence-corrected chi connectivity index (χ3v) is 3.42. The van der Waals surface area contributed by atoms with Crippen LogP contribution < -0.4 is 10.2 Å². The summed E-state index contributed by atoms with van der Waals surface area (Å²) < 4.78 is 0. The van der Waals surface area contributed by atoms with E-state index >= 15 is 0 Å². The van der Waals surface area contributed by atoms with Gasteiger partial charge >= 0.3 is 0 Å². The first-order chi connectivity index (χ1) is 8.19. The lowest BCUT2D eigenvalue weighted by Gasteiger charge is -2.25. The molecule has 1 unspecified atom stereocenters. The fourth-order valence-electron chi connectivity index (χ4n) is 1.45. The summed E-state index contributed by atoms with van der Waals surface area (Å²) in [6, 6.07) is 2.42. The van der Waals surface area contributed by atoms with Gasteiger partial charge in [0.25, 0.3) is 0 Å². The molecule has 1 aromatic heterocycles. The summed E-state index contributed by atoms with van der Waals surface area (Å²) in [6.45, 7) is 5.24. The van der Waals surface area contributed by atoms with Gasteiger partial charge in [-0.25, -0.2) is 4.98 Å². The van der Waals surface area contributed by atoms with Gasteiger partial charge in [-0.1, -0.05) is 6.92 Å². The van der Waals surface area contributed by atoms with Gasteiger partial charge in [-0.05, 0) is 25.7 Å². The van der Waals surface area contributed by atoms with Gasteiger partial charge in [0.2, 0.25) is 5.95 Å². The second-order valence-electron chi connectivity index (χ2n) is 4.08. The minimum absolute atomic E-state index is 0.471. The molecule has 0 saturated carbocycles. The number of nitrogens with zero attached hydrogens (tertiary/aromatic N) is 3. The van der Waals surface area contributed by atoms with Crippen molar-refractivity contribution in [3.63, 3.8) is 0 Å². The topological polar surface area (TPSA) is 41.1 Å². The lowest BCUT2D eigenvalue weighted by atomic mass is 10.3. The Morgan fingerprint density at radius 1 is 1.53 bits per heavy atom. The van der Waals surface area contributed by atoms with Crippen LogP contribution in [0.4, 0.5) is 11.8 Å². The van der Waals surface area contributed by atoms with Gasteiger partial charge in [-0.2, -0.15) is 16.7 Å². The van der Waals surface area contributed by atoms with Crippen molar-refractivity contribution < 1.29 is 0 Å². The van der Waals surface area contributed by atoms with Crippen molar-refractivity contribution in [1.82, 2.24) is 9.97 Å². The normalized spacial score (nSPS) is 12.2. The minimum Gasteiger partial charge on any atom is -0.356 e. The Labute approximate surface area is 108 Å². The van der Waals surface area contributed by atoms with Gasteiger partial charge in [0.05, 0.1) is 0 Å². The molecule has 1 heterocycles. The lowest BCUT2D eigenvalue weighted by Crippen LogP contribution is -2.31. The van der Waals surface area contributed by atoms with E-state index in [0.717, 1.165) is 24.5 Å². The van der Waals surface area contributed by atoms with E-state index in [1.807, 2.05) is 24.0 Å². The molecule has 0 spiro atoms. The number of rotatable bonds is 7. The Hall–Kier alpha value is -0.970. The van der Waals surface area contributed by atoms with E-state index in [9.17, 15) is 0 Å². The molecular formula is C12H22N4S. The van der Waals surface area contributed by atoms with Crippen LogP contribution in [0.5, 0.6) is 0 Å². The maximum atomic E-state index is 4.51. The van der Waals surface area contributed by atoms with E-state index in [1.54, 1.807) is 0 Å². The van der Waals surface area contributed by atoms with Crippen LogP contribution in [-0.2, 0) is 0 Å². The van der Waals surface area contributed by atoms with Crippen LogP contribution in [0.1, 0.15) is 20.3 Å². The van der Waals surface area contributed by atoms with E-state index in [0.29, 0.717) is 12.0 Å². The predicted octanol–water partition coefficient (Wildman–Crippen LogP) is 2.49. The molecule has 0 saturated heterocycles. The highest BCUT2D eigenvalue weighted by Crippen LogP contribution is 2.15.